The molecule has 1 aliphatic rings. The van der Waals surface area contributed by atoms with Gasteiger partial charge in [0.1, 0.15) is 4.83 Å². The van der Waals surface area contributed by atoms with Gasteiger partial charge in [0.2, 0.25) is 5.91 Å². The van der Waals surface area contributed by atoms with Gasteiger partial charge in [-0.2, -0.15) is 0 Å². The summed E-state index contributed by atoms with van der Waals surface area (Å²) in [6.45, 7) is 5.77. The lowest BCUT2D eigenvalue weighted by Gasteiger charge is -2.21. The molecule has 0 spiro atoms. The average Bonchev–Trinajstić information content (AvgIpc) is 3.17. The monoisotopic (exact) mass is 490 g/mol. The van der Waals surface area contributed by atoms with Gasteiger partial charge in [-0.3, -0.25) is 14.2 Å². The van der Waals surface area contributed by atoms with Crippen LogP contribution in [0.4, 0.5) is 5.69 Å². The van der Waals surface area contributed by atoms with Gasteiger partial charge in [0.25, 0.3) is 5.56 Å². The number of carbonyl (C=O) groups excluding carboxylic acids is 1. The number of amides is 1. The summed E-state index contributed by atoms with van der Waals surface area (Å²) in [6.07, 6.45) is 0.850. The number of thiophene rings is 1. The maximum absolute atomic E-state index is 13.8. The topological polar surface area (TPSA) is 67.2 Å². The fraction of sp³-hybridized carbons (Fsp3) is 0.269. The molecule has 0 fully saturated rings. The molecule has 3 heterocycles. The van der Waals surface area contributed by atoms with Crippen LogP contribution in [0.25, 0.3) is 15.9 Å². The second kappa shape index (κ2) is 9.37. The summed E-state index contributed by atoms with van der Waals surface area (Å²) < 4.78 is 1.66. The van der Waals surface area contributed by atoms with Crippen molar-refractivity contribution in [1.82, 2.24) is 14.5 Å². The van der Waals surface area contributed by atoms with E-state index in [2.05, 4.69) is 17.3 Å². The minimum atomic E-state index is -0.127. The molecule has 0 aliphatic carbocycles. The van der Waals surface area contributed by atoms with Gasteiger partial charge in [-0.05, 0) is 56.6 Å². The molecule has 0 saturated carbocycles. The van der Waals surface area contributed by atoms with Crippen molar-refractivity contribution in [3.8, 4) is 5.69 Å². The summed E-state index contributed by atoms with van der Waals surface area (Å²) in [5.74, 6) is 0.0318. The maximum atomic E-state index is 13.8. The van der Waals surface area contributed by atoms with Crippen molar-refractivity contribution < 1.29 is 4.79 Å². The number of rotatable bonds is 5. The molecule has 1 amide bonds. The lowest BCUT2D eigenvalue weighted by molar-refractivity contribution is -0.113. The van der Waals surface area contributed by atoms with Gasteiger partial charge in [-0.25, -0.2) is 4.98 Å². The van der Waals surface area contributed by atoms with E-state index in [9.17, 15) is 9.59 Å². The fourth-order valence-corrected chi connectivity index (χ4v) is 6.48. The van der Waals surface area contributed by atoms with E-state index >= 15 is 0 Å². The summed E-state index contributed by atoms with van der Waals surface area (Å²) in [5, 5.41) is 4.24. The zero-order chi connectivity index (χ0) is 23.8. The minimum Gasteiger partial charge on any atom is -0.325 e. The van der Waals surface area contributed by atoms with Crippen LogP contribution in [-0.4, -0.2) is 39.7 Å². The maximum Gasteiger partial charge on any atom is 0.267 e. The van der Waals surface area contributed by atoms with E-state index in [4.69, 9.17) is 4.98 Å². The average molecular weight is 491 g/mol. The second-order valence-electron chi connectivity index (χ2n) is 8.70. The quantitative estimate of drug-likeness (QED) is 0.322. The predicted molar refractivity (Wildman–Crippen MR) is 141 cm³/mol. The zero-order valence-electron chi connectivity index (χ0n) is 19.4. The standard InChI is InChI=1S/C26H26N4O2S2/c1-16-9-10-20(17(2)13-16)27-22(31)15-33-26-28-24-23(19-11-12-29(3)14-21(19)34-24)25(32)30(26)18-7-5-4-6-8-18/h4-10,13H,11-12,14-15H2,1-3H3,(H,27,31). The molecule has 4 aromatic rings. The van der Waals surface area contributed by atoms with Crippen LogP contribution >= 0.6 is 23.1 Å². The summed E-state index contributed by atoms with van der Waals surface area (Å²) in [6, 6.07) is 15.5. The van der Waals surface area contributed by atoms with Gasteiger partial charge in [0, 0.05) is 23.7 Å². The minimum absolute atomic E-state index is 0.0597. The Morgan fingerprint density at radius 2 is 1.97 bits per heavy atom. The molecule has 5 rings (SSSR count). The van der Waals surface area contributed by atoms with Crippen molar-refractivity contribution in [1.29, 1.82) is 0 Å². The number of anilines is 1. The molecule has 34 heavy (non-hydrogen) atoms. The fourth-order valence-electron chi connectivity index (χ4n) is 4.32. The molecule has 1 aliphatic heterocycles. The molecular formula is C26H26N4O2S2. The molecule has 0 atom stereocenters. The Kier molecular flexibility index (Phi) is 6.29. The molecule has 0 bridgehead atoms. The highest BCUT2D eigenvalue weighted by molar-refractivity contribution is 7.99. The molecule has 1 N–H and O–H groups in total. The Labute approximate surface area is 206 Å². The largest absolute Gasteiger partial charge is 0.325 e. The molecule has 174 valence electrons. The highest BCUT2D eigenvalue weighted by Gasteiger charge is 2.24. The zero-order valence-corrected chi connectivity index (χ0v) is 21.1. The number of hydrogen-bond acceptors (Lipinski definition) is 6. The lowest BCUT2D eigenvalue weighted by atomic mass is 10.1. The van der Waals surface area contributed by atoms with E-state index in [-0.39, 0.29) is 17.2 Å². The normalized spacial score (nSPS) is 13.7. The molecular weight excluding hydrogens is 464 g/mol. The van der Waals surface area contributed by atoms with Gasteiger partial charge in [0.15, 0.2) is 5.16 Å². The summed E-state index contributed by atoms with van der Waals surface area (Å²) in [4.78, 5) is 35.7. The number of nitrogens with one attached hydrogen (secondary N) is 1. The van der Waals surface area contributed by atoms with Crippen molar-refractivity contribution in [2.75, 3.05) is 24.7 Å². The number of hydrogen-bond donors (Lipinski definition) is 1. The Hall–Kier alpha value is -2.94. The van der Waals surface area contributed by atoms with Crippen LogP contribution in [-0.2, 0) is 17.8 Å². The number of aromatic nitrogens is 2. The molecule has 0 saturated heterocycles. The molecule has 2 aromatic carbocycles. The summed E-state index contributed by atoms with van der Waals surface area (Å²) in [7, 11) is 2.10. The number of benzene rings is 2. The van der Waals surface area contributed by atoms with E-state index in [0.29, 0.717) is 5.16 Å². The number of nitrogens with zero attached hydrogens (tertiary/aromatic N) is 3. The van der Waals surface area contributed by atoms with Crippen LogP contribution in [0.5, 0.6) is 0 Å². The van der Waals surface area contributed by atoms with Crippen molar-refractivity contribution >= 4 is 44.9 Å². The van der Waals surface area contributed by atoms with Crippen LogP contribution < -0.4 is 10.9 Å². The van der Waals surface area contributed by atoms with Crippen molar-refractivity contribution in [2.24, 2.45) is 0 Å². The van der Waals surface area contributed by atoms with Crippen LogP contribution in [0.2, 0.25) is 0 Å². The number of carbonyl (C=O) groups is 1. The van der Waals surface area contributed by atoms with Crippen LogP contribution in [0.3, 0.4) is 0 Å². The molecule has 0 unspecified atom stereocenters. The van der Waals surface area contributed by atoms with Gasteiger partial charge >= 0.3 is 0 Å². The van der Waals surface area contributed by atoms with Crippen LogP contribution in [0, 0.1) is 13.8 Å². The SMILES string of the molecule is Cc1ccc(NC(=O)CSc2nc3sc4c(c3c(=O)n2-c2ccccc2)CCN(C)C4)c(C)c1. The highest BCUT2D eigenvalue weighted by Crippen LogP contribution is 2.34. The smallest absolute Gasteiger partial charge is 0.267 e. The Balaban J connectivity index is 1.50. The van der Waals surface area contributed by atoms with Gasteiger partial charge in [-0.1, -0.05) is 47.7 Å². The van der Waals surface area contributed by atoms with Crippen LogP contribution in [0.1, 0.15) is 21.6 Å². The first-order chi connectivity index (χ1) is 16.4. The third-order valence-electron chi connectivity index (χ3n) is 6.04. The second-order valence-corrected chi connectivity index (χ2v) is 10.7. The molecule has 2 aromatic heterocycles. The third-order valence-corrected chi connectivity index (χ3v) is 8.09. The van der Waals surface area contributed by atoms with Crippen molar-refractivity contribution in [3.05, 3.63) is 80.5 Å². The van der Waals surface area contributed by atoms with E-state index in [0.717, 1.165) is 57.8 Å². The first-order valence-corrected chi connectivity index (χ1v) is 13.0. The number of thioether (sulfide) groups is 1. The first-order valence-electron chi connectivity index (χ1n) is 11.2. The number of likely N-dealkylation sites (N-methyl/N-ethyl adjacent to an activating group) is 1. The highest BCUT2D eigenvalue weighted by atomic mass is 32.2. The van der Waals surface area contributed by atoms with Gasteiger partial charge in [0.05, 0.1) is 16.8 Å². The Morgan fingerprint density at radius 3 is 2.74 bits per heavy atom. The summed E-state index contributed by atoms with van der Waals surface area (Å²) in [5.41, 5.74) is 4.80. The Bertz CT molecular complexity index is 1440. The van der Waals surface area contributed by atoms with Crippen LogP contribution in [0.15, 0.2) is 58.5 Å². The van der Waals surface area contributed by atoms with Gasteiger partial charge in [-0.15, -0.1) is 11.3 Å². The molecule has 8 heteroatoms. The van der Waals surface area contributed by atoms with E-state index in [1.54, 1.807) is 15.9 Å². The number of fused-ring (bicyclic) bond motifs is 3. The van der Waals surface area contributed by atoms with Crippen molar-refractivity contribution in [3.63, 3.8) is 0 Å². The van der Waals surface area contributed by atoms with E-state index in [1.165, 1.54) is 16.6 Å². The van der Waals surface area contributed by atoms with Gasteiger partial charge < -0.3 is 10.2 Å². The number of para-hydroxylation sites is 1. The lowest BCUT2D eigenvalue weighted by Crippen LogP contribution is -2.27. The summed E-state index contributed by atoms with van der Waals surface area (Å²) >= 11 is 2.89. The predicted octanol–water partition coefficient (Wildman–Crippen LogP) is 4.78. The third kappa shape index (κ3) is 4.41. The molecule has 6 nitrogen and oxygen atoms in total. The van der Waals surface area contributed by atoms with E-state index in [1.807, 2.05) is 62.4 Å². The first kappa shape index (κ1) is 22.8. The number of aryl methyl sites for hydroxylation is 2. The van der Waals surface area contributed by atoms with E-state index < -0.39 is 0 Å². The van der Waals surface area contributed by atoms with Crippen molar-refractivity contribution in [2.45, 2.75) is 32.0 Å². The Morgan fingerprint density at radius 1 is 1.18 bits per heavy atom. The molecule has 0 radical (unpaired) electrons.